The number of rotatable bonds is 2. The molecule has 4 heteroatoms. The number of thiophene rings is 2. The van der Waals surface area contributed by atoms with Crippen molar-refractivity contribution in [1.29, 1.82) is 0 Å². The van der Waals surface area contributed by atoms with Crippen molar-refractivity contribution >= 4 is 66.7 Å². The third-order valence-corrected chi connectivity index (χ3v) is 5.65. The largest absolute Gasteiger partial charge is 0.129 e. The molecule has 2 heterocycles. The van der Waals surface area contributed by atoms with Crippen LogP contribution in [-0.2, 0) is 0 Å². The first-order valence-electron chi connectivity index (χ1n) is 4.76. The summed E-state index contributed by atoms with van der Waals surface area (Å²) in [5.41, 5.74) is 2.64. The lowest BCUT2D eigenvalue weighted by molar-refractivity contribution is 1.52. The minimum atomic E-state index is 1.19. The average Bonchev–Trinajstić information content (AvgIpc) is 2.66. The van der Waals surface area contributed by atoms with E-state index in [4.69, 9.17) is 0 Å². The Labute approximate surface area is 120 Å². The first-order chi connectivity index (χ1) is 7.56. The molecule has 0 aliphatic heterocycles. The molecule has 0 unspecified atom stereocenters. The van der Waals surface area contributed by atoms with E-state index < -0.39 is 0 Å². The van der Waals surface area contributed by atoms with Crippen molar-refractivity contribution in [2.45, 2.75) is 13.8 Å². The summed E-state index contributed by atoms with van der Waals surface area (Å²) in [6.45, 7) is 4.27. The second-order valence-corrected chi connectivity index (χ2v) is 8.45. The van der Waals surface area contributed by atoms with Crippen LogP contribution in [0.3, 0.4) is 0 Å². The van der Waals surface area contributed by atoms with Gasteiger partial charge in [0.1, 0.15) is 0 Å². The van der Waals surface area contributed by atoms with Crippen molar-refractivity contribution in [2.24, 2.45) is 0 Å². The number of halogens is 2. The highest BCUT2D eigenvalue weighted by atomic mass is 79.9. The third kappa shape index (κ3) is 2.86. The summed E-state index contributed by atoms with van der Waals surface area (Å²) in [7, 11) is 0. The standard InChI is InChI=1S/C12H10Br2S2/c1-7-5-11(13)15-9(7)3-4-10-8(2)6-12(14)16-10/h3-6H,1-2H3/b4-3+. The molecular formula is C12H10Br2S2. The fourth-order valence-electron chi connectivity index (χ4n) is 1.40. The number of aryl methyl sites for hydroxylation is 2. The van der Waals surface area contributed by atoms with Crippen LogP contribution in [0.1, 0.15) is 20.9 Å². The van der Waals surface area contributed by atoms with E-state index in [-0.39, 0.29) is 0 Å². The molecule has 0 N–H and O–H groups in total. The summed E-state index contributed by atoms with van der Waals surface area (Å²) in [5, 5.41) is 0. The van der Waals surface area contributed by atoms with Crippen molar-refractivity contribution in [2.75, 3.05) is 0 Å². The Hall–Kier alpha value is 0.1000. The molecule has 16 heavy (non-hydrogen) atoms. The molecule has 0 aromatic carbocycles. The lowest BCUT2D eigenvalue weighted by Gasteiger charge is -1.90. The SMILES string of the molecule is Cc1cc(Br)sc1/C=C/c1sc(Br)cc1C. The van der Waals surface area contributed by atoms with Crippen LogP contribution in [-0.4, -0.2) is 0 Å². The molecule has 0 amide bonds. The van der Waals surface area contributed by atoms with Crippen molar-refractivity contribution in [3.63, 3.8) is 0 Å². The van der Waals surface area contributed by atoms with Gasteiger partial charge < -0.3 is 0 Å². The Bertz CT molecular complexity index is 487. The highest BCUT2D eigenvalue weighted by Gasteiger charge is 2.02. The Morgan fingerprint density at radius 3 is 1.50 bits per heavy atom. The predicted molar refractivity (Wildman–Crippen MR) is 82.4 cm³/mol. The van der Waals surface area contributed by atoms with Crippen LogP contribution in [0.15, 0.2) is 19.7 Å². The molecule has 0 radical (unpaired) electrons. The van der Waals surface area contributed by atoms with Crippen LogP contribution in [0.5, 0.6) is 0 Å². The van der Waals surface area contributed by atoms with Gasteiger partial charge in [-0.05, 0) is 81.1 Å². The molecule has 0 atom stereocenters. The van der Waals surface area contributed by atoms with E-state index >= 15 is 0 Å². The highest BCUT2D eigenvalue weighted by molar-refractivity contribution is 9.11. The van der Waals surface area contributed by atoms with Gasteiger partial charge in [-0.1, -0.05) is 0 Å². The van der Waals surface area contributed by atoms with E-state index in [2.05, 4.69) is 70.0 Å². The van der Waals surface area contributed by atoms with E-state index in [9.17, 15) is 0 Å². The molecule has 0 fully saturated rings. The van der Waals surface area contributed by atoms with Crippen molar-refractivity contribution in [1.82, 2.24) is 0 Å². The average molecular weight is 378 g/mol. The molecule has 0 nitrogen and oxygen atoms in total. The monoisotopic (exact) mass is 376 g/mol. The fourth-order valence-corrected chi connectivity index (χ4v) is 4.73. The summed E-state index contributed by atoms with van der Waals surface area (Å²) in [4.78, 5) is 2.63. The van der Waals surface area contributed by atoms with Gasteiger partial charge in [0.05, 0.1) is 7.57 Å². The number of hydrogen-bond acceptors (Lipinski definition) is 2. The van der Waals surface area contributed by atoms with Crippen LogP contribution < -0.4 is 0 Å². The molecule has 0 aliphatic rings. The molecule has 2 aromatic heterocycles. The zero-order valence-electron chi connectivity index (χ0n) is 8.88. The summed E-state index contributed by atoms with van der Waals surface area (Å²) in [6, 6.07) is 4.31. The molecule has 0 aliphatic carbocycles. The van der Waals surface area contributed by atoms with Gasteiger partial charge in [-0.15, -0.1) is 22.7 Å². The quantitative estimate of drug-likeness (QED) is 0.591. The summed E-state index contributed by atoms with van der Waals surface area (Å²) in [5.74, 6) is 0. The molecule has 2 aromatic rings. The predicted octanol–water partition coefficient (Wildman–Crippen LogP) is 6.12. The van der Waals surface area contributed by atoms with Crippen molar-refractivity contribution in [3.8, 4) is 0 Å². The minimum absolute atomic E-state index is 1.19. The molecule has 0 spiro atoms. The Morgan fingerprint density at radius 1 is 0.875 bits per heavy atom. The van der Waals surface area contributed by atoms with E-state index in [1.165, 1.54) is 28.5 Å². The maximum Gasteiger partial charge on any atom is 0.0707 e. The second kappa shape index (κ2) is 5.17. The van der Waals surface area contributed by atoms with Gasteiger partial charge in [0, 0.05) is 9.75 Å². The molecule has 0 saturated carbocycles. The zero-order chi connectivity index (χ0) is 11.7. The van der Waals surface area contributed by atoms with Crippen LogP contribution in [0.4, 0.5) is 0 Å². The summed E-state index contributed by atoms with van der Waals surface area (Å²) >= 11 is 10.6. The topological polar surface area (TPSA) is 0 Å². The van der Waals surface area contributed by atoms with Crippen LogP contribution in [0.25, 0.3) is 12.2 Å². The summed E-state index contributed by atoms with van der Waals surface area (Å²) < 4.78 is 2.38. The molecule has 0 bridgehead atoms. The van der Waals surface area contributed by atoms with Crippen LogP contribution in [0, 0.1) is 13.8 Å². The van der Waals surface area contributed by atoms with E-state index in [0.717, 1.165) is 0 Å². The fraction of sp³-hybridized carbons (Fsp3) is 0.167. The highest BCUT2D eigenvalue weighted by Crippen LogP contribution is 2.31. The van der Waals surface area contributed by atoms with Gasteiger partial charge >= 0.3 is 0 Å². The van der Waals surface area contributed by atoms with Gasteiger partial charge in [-0.3, -0.25) is 0 Å². The minimum Gasteiger partial charge on any atom is -0.129 e. The Morgan fingerprint density at radius 2 is 1.25 bits per heavy atom. The Kier molecular flexibility index (Phi) is 4.06. The summed E-state index contributed by atoms with van der Waals surface area (Å²) in [6.07, 6.45) is 4.38. The normalized spacial score (nSPS) is 11.5. The maximum atomic E-state index is 3.51. The number of hydrogen-bond donors (Lipinski definition) is 0. The maximum absolute atomic E-state index is 3.51. The van der Waals surface area contributed by atoms with Crippen LogP contribution >= 0.6 is 54.5 Å². The van der Waals surface area contributed by atoms with Crippen molar-refractivity contribution in [3.05, 3.63) is 40.6 Å². The van der Waals surface area contributed by atoms with E-state index in [1.807, 2.05) is 0 Å². The third-order valence-electron chi connectivity index (χ3n) is 2.24. The molecule has 84 valence electrons. The second-order valence-electron chi connectivity index (χ2n) is 3.53. The van der Waals surface area contributed by atoms with Gasteiger partial charge in [0.25, 0.3) is 0 Å². The van der Waals surface area contributed by atoms with Gasteiger partial charge in [0.15, 0.2) is 0 Å². The van der Waals surface area contributed by atoms with Gasteiger partial charge in [-0.2, -0.15) is 0 Å². The van der Waals surface area contributed by atoms with Gasteiger partial charge in [0.2, 0.25) is 0 Å². The first kappa shape index (κ1) is 12.6. The van der Waals surface area contributed by atoms with Crippen LogP contribution in [0.2, 0.25) is 0 Å². The van der Waals surface area contributed by atoms with E-state index in [0.29, 0.717) is 0 Å². The molecule has 0 saturated heterocycles. The lowest BCUT2D eigenvalue weighted by atomic mass is 10.2. The first-order valence-corrected chi connectivity index (χ1v) is 7.98. The molecular weight excluding hydrogens is 368 g/mol. The zero-order valence-corrected chi connectivity index (χ0v) is 13.7. The van der Waals surface area contributed by atoms with E-state index in [1.54, 1.807) is 22.7 Å². The molecule has 2 rings (SSSR count). The Balaban J connectivity index is 2.27. The lowest BCUT2D eigenvalue weighted by Crippen LogP contribution is -1.69. The van der Waals surface area contributed by atoms with Crippen molar-refractivity contribution < 1.29 is 0 Å². The van der Waals surface area contributed by atoms with Gasteiger partial charge in [-0.25, -0.2) is 0 Å². The smallest absolute Gasteiger partial charge is 0.0707 e.